The number of carbonyl (C=O) groups excluding carboxylic acids is 4. The molecule has 42 heteroatoms. The lowest BCUT2D eigenvalue weighted by atomic mass is 9.86. The molecule has 0 aromatic rings. The van der Waals surface area contributed by atoms with Crippen LogP contribution in [0, 0.1) is 5.92 Å². The number of allylic oxidation sites excluding steroid dienone is 2. The molecular formula is C91H161N3O39. The molecule has 0 spiro atoms. The Labute approximate surface area is 779 Å². The number of hydrogen-bond donors (Lipinski definition) is 24. The Morgan fingerprint density at radius 3 is 1.20 bits per heavy atom. The molecule has 774 valence electrons. The summed E-state index contributed by atoms with van der Waals surface area (Å²) in [5.41, 5.74) is 0. The molecule has 0 saturated carbocycles. The molecule has 34 atom stereocenters. The minimum absolute atomic E-state index is 0.118. The van der Waals surface area contributed by atoms with Crippen LogP contribution in [0.5, 0.6) is 0 Å². The Balaban J connectivity index is 1.25. The highest BCUT2D eigenvalue weighted by atomic mass is 16.8. The number of aliphatic hydroxyl groups excluding tert-OH is 19. The maximum atomic E-state index is 14.1. The number of Topliss-reactive ketones (excluding diaryl/α,β-unsaturated/α-hetero) is 1. The SMILES string of the molecule is CCCCCCCCC=CCCCCCCCCCCCCCC(=O)N[C@@H](CO[C@@H]1O[C@H](CO)[C@@H](O[C@@H]2O[C@H](CO)[C@H](O[C@@H]3O[C@H](CO)[C@H](O)[C@H](O[C@@H]4O[C@H](CO)[C@H](O)[C@H](O[C@]5(C(=O)O)C[C@H](O)[C@@H](NC(C)=O)C([C@H](O)[C@H](O)CO)O5)[C@H]4O)[C@H]3CC(C)=O)[C@H](O[C@]3(C(=O)O)C[C@H](O)[C@@H](NC(C)=O)C([C@H](O)[C@H](O)CO)O3)[C@H]2O)[C@H](O)[C@H]1O)[C@H](O)CCCCCCCCCCCCCCC. The van der Waals surface area contributed by atoms with Gasteiger partial charge in [-0.25, -0.2) is 9.59 Å². The Morgan fingerprint density at radius 1 is 0.406 bits per heavy atom. The van der Waals surface area contributed by atoms with E-state index in [-0.39, 0.29) is 18.7 Å². The van der Waals surface area contributed by atoms with Crippen LogP contribution < -0.4 is 16.0 Å². The smallest absolute Gasteiger partial charge is 0.364 e. The summed E-state index contributed by atoms with van der Waals surface area (Å²) in [5, 5.41) is 246. The van der Waals surface area contributed by atoms with E-state index in [1.54, 1.807) is 0 Å². The predicted molar refractivity (Wildman–Crippen MR) is 469 cm³/mol. The van der Waals surface area contributed by atoms with Crippen molar-refractivity contribution in [3.8, 4) is 0 Å². The fourth-order valence-corrected chi connectivity index (χ4v) is 18.2. The number of unbranched alkanes of at least 4 members (excludes halogenated alkanes) is 29. The fraction of sp³-hybridized carbons (Fsp3) is 0.912. The average molecular weight is 1920 g/mol. The van der Waals surface area contributed by atoms with Crippen LogP contribution in [0.25, 0.3) is 0 Å². The number of rotatable bonds is 66. The molecule has 6 aliphatic heterocycles. The number of amides is 3. The Morgan fingerprint density at radius 2 is 0.774 bits per heavy atom. The molecule has 0 aliphatic carbocycles. The van der Waals surface area contributed by atoms with Crippen LogP contribution in [-0.2, 0) is 85.6 Å². The first-order valence-corrected chi connectivity index (χ1v) is 48.4. The number of carboxylic acids is 2. The second-order valence-electron chi connectivity index (χ2n) is 36.7. The highest BCUT2D eigenvalue weighted by Crippen LogP contribution is 2.45. The molecule has 24 N–H and O–H groups in total. The van der Waals surface area contributed by atoms with Gasteiger partial charge in [0.1, 0.15) is 128 Å². The number of carbonyl (C=O) groups is 6. The van der Waals surface area contributed by atoms with Crippen LogP contribution in [0.1, 0.15) is 272 Å². The zero-order chi connectivity index (χ0) is 98.1. The third-order valence-electron chi connectivity index (χ3n) is 25.9. The van der Waals surface area contributed by atoms with Gasteiger partial charge in [0.25, 0.3) is 11.6 Å². The molecule has 6 rings (SSSR count). The average Bonchev–Trinajstić information content (AvgIpc) is 0.752. The van der Waals surface area contributed by atoms with E-state index in [0.29, 0.717) is 12.8 Å². The van der Waals surface area contributed by atoms with Gasteiger partial charge in [0, 0.05) is 45.4 Å². The molecule has 3 amide bonds. The minimum Gasteiger partial charge on any atom is -0.477 e. The van der Waals surface area contributed by atoms with Crippen molar-refractivity contribution in [1.29, 1.82) is 0 Å². The van der Waals surface area contributed by atoms with Crippen molar-refractivity contribution in [2.45, 2.75) is 474 Å². The van der Waals surface area contributed by atoms with E-state index >= 15 is 0 Å². The Hall–Kier alpha value is -4.48. The van der Waals surface area contributed by atoms with Crippen LogP contribution in [0.4, 0.5) is 0 Å². The first-order chi connectivity index (χ1) is 63.6. The second kappa shape index (κ2) is 61.3. The lowest BCUT2D eigenvalue weighted by molar-refractivity contribution is -0.408. The number of nitrogens with one attached hydrogen (secondary N) is 3. The molecule has 2 unspecified atom stereocenters. The number of ketones is 1. The highest BCUT2D eigenvalue weighted by Gasteiger charge is 2.64. The molecule has 6 aliphatic rings. The summed E-state index contributed by atoms with van der Waals surface area (Å²) >= 11 is 0. The summed E-state index contributed by atoms with van der Waals surface area (Å²) < 4.78 is 72.9. The zero-order valence-corrected chi connectivity index (χ0v) is 78.0. The van der Waals surface area contributed by atoms with Crippen molar-refractivity contribution < 1.29 is 193 Å². The molecule has 6 saturated heterocycles. The van der Waals surface area contributed by atoms with Gasteiger partial charge in [0.2, 0.25) is 17.7 Å². The summed E-state index contributed by atoms with van der Waals surface area (Å²) in [7, 11) is 0. The standard InChI is InChI=1S/C91H161N3O39/c1-6-8-10-12-14-16-18-20-21-22-23-24-25-26-27-29-31-33-35-37-39-41-66(109)94-56(57(104)40-38-36-34-32-30-28-19-17-15-13-11-9-7-2)51-122-85-74(115)73(114)78(64(49-99)125-85)128-87-76(117)83(133-91(89(120)121)44-59(106)68(93-54(5)103)81(131-91)70(111)61(108)46-96)79(65(50-100)126-87)129-84-55(42-52(3)101)77(71(112)62(47-97)123-84)127-86-75(116)82(72(113)63(48-98)124-86)132-90(88(118)119)43-58(105)67(92-53(4)102)80(130-90)69(110)60(107)45-95/h20-21,55-65,67-87,95-100,104-108,110-117H,6-19,22-51H2,1-5H3,(H,92,102)(H,93,103)(H,94,109)(H,118,119)(H,120,121)/t55-,56+,57-,58+,59+,60-,61-,62-,63-,64-,65-,67-,68-,69-,70-,71+,72+,73-,74-,75-,76-,77-,78-,79+,80?,81?,82+,83-,84+,85-,86+,87+,90+,91+/m1/s1. The first-order valence-electron chi connectivity index (χ1n) is 48.4. The van der Waals surface area contributed by atoms with Crippen molar-refractivity contribution in [2.24, 2.45) is 5.92 Å². The van der Waals surface area contributed by atoms with Crippen molar-refractivity contribution in [2.75, 3.05) is 46.2 Å². The zero-order valence-electron chi connectivity index (χ0n) is 78.0. The van der Waals surface area contributed by atoms with Crippen molar-refractivity contribution in [1.82, 2.24) is 16.0 Å². The molecule has 0 bridgehead atoms. The lowest BCUT2D eigenvalue weighted by Crippen LogP contribution is -2.71. The van der Waals surface area contributed by atoms with E-state index in [1.165, 1.54) is 116 Å². The van der Waals surface area contributed by atoms with Crippen molar-refractivity contribution >= 4 is 35.4 Å². The van der Waals surface area contributed by atoms with Gasteiger partial charge in [0.15, 0.2) is 25.2 Å². The van der Waals surface area contributed by atoms with Crippen molar-refractivity contribution in [3.05, 3.63) is 12.2 Å². The Kier molecular flexibility index (Phi) is 54.0. The number of aliphatic hydroxyl groups is 19. The number of ether oxygens (including phenoxy) is 12. The van der Waals surface area contributed by atoms with Crippen LogP contribution in [0.3, 0.4) is 0 Å². The largest absolute Gasteiger partial charge is 0.477 e. The van der Waals surface area contributed by atoms with Gasteiger partial charge in [0.05, 0.1) is 88.8 Å². The lowest BCUT2D eigenvalue weighted by Gasteiger charge is -2.53. The topological polar surface area (TPSA) is 674 Å². The normalized spacial score (nSPS) is 34.1. The molecule has 0 aromatic carbocycles. The molecule has 6 heterocycles. The van der Waals surface area contributed by atoms with Gasteiger partial charge in [-0.2, -0.15) is 0 Å². The number of carboxylic acid groups (broad SMARTS) is 2. The van der Waals surface area contributed by atoms with E-state index in [2.05, 4.69) is 41.9 Å². The van der Waals surface area contributed by atoms with Crippen LogP contribution in [0.2, 0.25) is 0 Å². The molecular weight excluding hydrogens is 1760 g/mol. The van der Waals surface area contributed by atoms with E-state index in [4.69, 9.17) is 56.8 Å². The van der Waals surface area contributed by atoms with Crippen LogP contribution in [0.15, 0.2) is 12.2 Å². The van der Waals surface area contributed by atoms with E-state index < -0.39 is 302 Å². The quantitative estimate of drug-likeness (QED) is 0.0271. The van der Waals surface area contributed by atoms with Gasteiger partial charge in [-0.1, -0.05) is 199 Å². The van der Waals surface area contributed by atoms with Crippen LogP contribution >= 0.6 is 0 Å². The van der Waals surface area contributed by atoms with Gasteiger partial charge < -0.3 is 185 Å². The monoisotopic (exact) mass is 1920 g/mol. The number of aliphatic carboxylic acids is 2. The maximum absolute atomic E-state index is 14.1. The maximum Gasteiger partial charge on any atom is 0.364 e. The van der Waals surface area contributed by atoms with Gasteiger partial charge >= 0.3 is 11.9 Å². The third kappa shape index (κ3) is 35.9. The summed E-state index contributed by atoms with van der Waals surface area (Å²) in [6.07, 6.45) is -24.6. The third-order valence-corrected chi connectivity index (χ3v) is 25.9. The predicted octanol–water partition coefficient (Wildman–Crippen LogP) is -0.437. The van der Waals surface area contributed by atoms with E-state index in [9.17, 15) is 136 Å². The van der Waals surface area contributed by atoms with Gasteiger partial charge in [-0.15, -0.1) is 0 Å². The molecule has 0 radical (unpaired) electrons. The summed E-state index contributed by atoms with van der Waals surface area (Å²) in [6.45, 7) is -0.524. The first kappa shape index (κ1) is 117. The van der Waals surface area contributed by atoms with Gasteiger partial charge in [-0.3, -0.25) is 14.4 Å². The van der Waals surface area contributed by atoms with Gasteiger partial charge in [-0.05, 0) is 45.4 Å². The summed E-state index contributed by atoms with van der Waals surface area (Å²) in [4.78, 5) is 79.9. The summed E-state index contributed by atoms with van der Waals surface area (Å²) in [5.74, 6) is -16.0. The van der Waals surface area contributed by atoms with E-state index in [1.807, 2.05) is 0 Å². The van der Waals surface area contributed by atoms with Crippen molar-refractivity contribution in [3.63, 3.8) is 0 Å². The highest BCUT2D eigenvalue weighted by molar-refractivity contribution is 5.78. The molecule has 133 heavy (non-hydrogen) atoms. The molecule has 0 aromatic heterocycles. The molecule has 42 nitrogen and oxygen atoms in total. The summed E-state index contributed by atoms with van der Waals surface area (Å²) in [6, 6.07) is -4.69. The second-order valence-corrected chi connectivity index (χ2v) is 36.7. The minimum atomic E-state index is -3.48. The van der Waals surface area contributed by atoms with Crippen LogP contribution in [-0.4, -0.2) is 390 Å². The fourth-order valence-electron chi connectivity index (χ4n) is 18.2. The number of hydrogen-bond acceptors (Lipinski definition) is 37. The molecule has 6 fully saturated rings. The van der Waals surface area contributed by atoms with E-state index in [0.717, 1.165) is 97.8 Å². The Bertz CT molecular complexity index is 3310.